The van der Waals surface area contributed by atoms with Gasteiger partial charge >= 0.3 is 13.6 Å². The summed E-state index contributed by atoms with van der Waals surface area (Å²) < 4.78 is 42.8. The minimum absolute atomic E-state index is 0.0891. The molecule has 1 aliphatic rings. The summed E-state index contributed by atoms with van der Waals surface area (Å²) in [7, 11) is 0.0368. The van der Waals surface area contributed by atoms with E-state index >= 15 is 0 Å². The monoisotopic (exact) mass is 402 g/mol. The minimum Gasteiger partial charge on any atom is -0.519 e. The highest BCUT2D eigenvalue weighted by atomic mass is 32.2. The third kappa shape index (κ3) is 3.47. The zero-order valence-electron chi connectivity index (χ0n) is 16.1. The molecule has 0 aromatic heterocycles. The molecule has 0 saturated carbocycles. The molecule has 7 nitrogen and oxygen atoms in total. The first-order valence-corrected chi connectivity index (χ1v) is 10.0. The van der Waals surface area contributed by atoms with E-state index < -0.39 is 21.5 Å². The first-order chi connectivity index (χ1) is 13.2. The Kier molecular flexibility index (Phi) is 5.40. The van der Waals surface area contributed by atoms with Crippen molar-refractivity contribution in [2.45, 2.75) is 30.7 Å². The number of sulfonamides is 1. The lowest BCUT2D eigenvalue weighted by Crippen LogP contribution is -2.51. The third-order valence-corrected chi connectivity index (χ3v) is 6.63. The second kappa shape index (κ2) is 7.48. The van der Waals surface area contributed by atoms with E-state index in [0.717, 1.165) is 17.4 Å². The largest absolute Gasteiger partial charge is 0.519 e. The Balaban J connectivity index is 1.98. The molecule has 1 saturated heterocycles. The summed E-state index contributed by atoms with van der Waals surface area (Å²) in [6, 6.07) is 11.6. The average molecular weight is 402 g/mol. The van der Waals surface area contributed by atoms with Gasteiger partial charge < -0.3 is 14.1 Å². The standard InChI is InChI=1S/C19H21BNO6S/c1-13-5-8-15(9-6-13)28(23,24)21-19(2,18(22)27-20-21)12-14-7-10-16(25-3)17(11-14)26-4/h5-11H,12H2,1-4H3. The van der Waals surface area contributed by atoms with Crippen molar-refractivity contribution >= 4 is 23.6 Å². The molecule has 2 aromatic carbocycles. The van der Waals surface area contributed by atoms with Crippen LogP contribution in [-0.2, 0) is 25.9 Å². The van der Waals surface area contributed by atoms with Crippen LogP contribution in [0.4, 0.5) is 0 Å². The molecule has 1 atom stereocenters. The van der Waals surface area contributed by atoms with Crippen molar-refractivity contribution in [1.29, 1.82) is 0 Å². The van der Waals surface area contributed by atoms with Crippen molar-refractivity contribution in [2.75, 3.05) is 14.2 Å². The molecule has 9 heteroatoms. The van der Waals surface area contributed by atoms with E-state index in [1.807, 2.05) is 6.92 Å². The van der Waals surface area contributed by atoms with E-state index in [1.165, 1.54) is 26.4 Å². The third-order valence-electron chi connectivity index (χ3n) is 4.76. The normalized spacial score (nSPS) is 19.8. The van der Waals surface area contributed by atoms with Crippen LogP contribution >= 0.6 is 0 Å². The first-order valence-electron chi connectivity index (χ1n) is 8.59. The van der Waals surface area contributed by atoms with Gasteiger partial charge in [-0.25, -0.2) is 8.42 Å². The van der Waals surface area contributed by atoms with Crippen molar-refractivity contribution in [3.63, 3.8) is 0 Å². The molecule has 0 bridgehead atoms. The number of aryl methyl sites for hydroxylation is 1. The molecule has 0 spiro atoms. The SMILES string of the molecule is COc1ccc(CC2(C)C(=O)O[B]N2S(=O)(=O)c2ccc(C)cc2)cc1OC. The number of ether oxygens (including phenoxy) is 2. The average Bonchev–Trinajstić information content (AvgIpc) is 2.97. The predicted molar refractivity (Wildman–Crippen MR) is 104 cm³/mol. The highest BCUT2D eigenvalue weighted by molar-refractivity contribution is 7.90. The highest BCUT2D eigenvalue weighted by Gasteiger charge is 2.54. The van der Waals surface area contributed by atoms with Crippen molar-refractivity contribution in [1.82, 2.24) is 4.22 Å². The molecule has 3 rings (SSSR count). The maximum atomic E-state index is 13.1. The van der Waals surface area contributed by atoms with E-state index in [4.69, 9.17) is 14.1 Å². The molecular formula is C19H21BNO6S. The lowest BCUT2D eigenvalue weighted by Gasteiger charge is -2.30. The molecule has 1 radical (unpaired) electrons. The Morgan fingerprint density at radius 3 is 2.32 bits per heavy atom. The molecule has 1 unspecified atom stereocenters. The fourth-order valence-corrected chi connectivity index (χ4v) is 4.65. The van der Waals surface area contributed by atoms with Gasteiger partial charge in [0.2, 0.25) is 10.0 Å². The maximum Gasteiger partial charge on any atom is 0.498 e. The molecule has 1 aliphatic heterocycles. The number of rotatable bonds is 6. The van der Waals surface area contributed by atoms with Gasteiger partial charge in [-0.05, 0) is 43.7 Å². The highest BCUT2D eigenvalue weighted by Crippen LogP contribution is 2.35. The number of hydrogen-bond acceptors (Lipinski definition) is 6. The van der Waals surface area contributed by atoms with Gasteiger partial charge in [0.05, 0.1) is 19.1 Å². The second-order valence-electron chi connectivity index (χ2n) is 6.76. The molecule has 2 aromatic rings. The van der Waals surface area contributed by atoms with Gasteiger partial charge in [-0.2, -0.15) is 4.22 Å². The van der Waals surface area contributed by atoms with E-state index in [1.54, 1.807) is 37.3 Å². The summed E-state index contributed by atoms with van der Waals surface area (Å²) in [5, 5.41) is 0. The van der Waals surface area contributed by atoms with E-state index in [0.29, 0.717) is 17.1 Å². The minimum atomic E-state index is -3.97. The predicted octanol–water partition coefficient (Wildman–Crippen LogP) is 2.10. The van der Waals surface area contributed by atoms with Gasteiger partial charge in [0.25, 0.3) is 0 Å². The van der Waals surface area contributed by atoms with Crippen LogP contribution in [0.25, 0.3) is 0 Å². The smallest absolute Gasteiger partial charge is 0.498 e. The van der Waals surface area contributed by atoms with Crippen molar-refractivity contribution in [2.24, 2.45) is 0 Å². The molecule has 147 valence electrons. The zero-order chi connectivity index (χ0) is 20.5. The van der Waals surface area contributed by atoms with Crippen LogP contribution in [0.15, 0.2) is 47.4 Å². The number of hydrogen-bond donors (Lipinski definition) is 0. The maximum absolute atomic E-state index is 13.1. The number of carbonyl (C=O) groups is 1. The number of carbonyl (C=O) groups excluding carboxylic acids is 1. The Morgan fingerprint density at radius 1 is 1.07 bits per heavy atom. The van der Waals surface area contributed by atoms with E-state index in [-0.39, 0.29) is 11.3 Å². The van der Waals surface area contributed by atoms with E-state index in [9.17, 15) is 13.2 Å². The molecule has 1 fully saturated rings. The Labute approximate surface area is 165 Å². The van der Waals surface area contributed by atoms with Gasteiger partial charge in [-0.15, -0.1) is 0 Å². The van der Waals surface area contributed by atoms with Gasteiger partial charge in [-0.1, -0.05) is 23.8 Å². The molecule has 0 amide bonds. The molecule has 0 aliphatic carbocycles. The lowest BCUT2D eigenvalue weighted by molar-refractivity contribution is -0.138. The molecule has 0 N–H and O–H groups in total. The number of methoxy groups -OCH3 is 2. The van der Waals surface area contributed by atoms with Gasteiger partial charge in [0.1, 0.15) is 5.54 Å². The van der Waals surface area contributed by atoms with Crippen LogP contribution in [0.5, 0.6) is 11.5 Å². The zero-order valence-corrected chi connectivity index (χ0v) is 16.9. The quantitative estimate of drug-likeness (QED) is 0.689. The fourth-order valence-electron chi connectivity index (χ4n) is 3.11. The molecular weight excluding hydrogens is 381 g/mol. The van der Waals surface area contributed by atoms with Crippen LogP contribution in [0.3, 0.4) is 0 Å². The van der Waals surface area contributed by atoms with Gasteiger partial charge in [-0.3, -0.25) is 4.79 Å². The number of nitrogens with zero attached hydrogens (tertiary/aromatic N) is 1. The Hall–Kier alpha value is -2.52. The van der Waals surface area contributed by atoms with Crippen LogP contribution in [0, 0.1) is 6.92 Å². The Morgan fingerprint density at radius 2 is 1.71 bits per heavy atom. The van der Waals surface area contributed by atoms with Crippen LogP contribution in [-0.4, -0.2) is 46.0 Å². The van der Waals surface area contributed by atoms with Gasteiger partial charge in [0.15, 0.2) is 11.5 Å². The summed E-state index contributed by atoms with van der Waals surface area (Å²) >= 11 is 0. The lowest BCUT2D eigenvalue weighted by atomic mass is 9.92. The van der Waals surface area contributed by atoms with Gasteiger partial charge in [0, 0.05) is 6.42 Å². The summed E-state index contributed by atoms with van der Waals surface area (Å²) in [4.78, 5) is 12.6. The summed E-state index contributed by atoms with van der Waals surface area (Å²) in [6.45, 7) is 3.41. The fraction of sp³-hybridized carbons (Fsp3) is 0.316. The topological polar surface area (TPSA) is 82.1 Å². The van der Waals surface area contributed by atoms with Crippen LogP contribution in [0.1, 0.15) is 18.1 Å². The summed E-state index contributed by atoms with van der Waals surface area (Å²) in [5.74, 6) is 0.394. The van der Waals surface area contributed by atoms with Crippen LogP contribution < -0.4 is 9.47 Å². The molecule has 28 heavy (non-hydrogen) atoms. The number of benzene rings is 2. The second-order valence-corrected chi connectivity index (χ2v) is 8.58. The first kappa shape index (κ1) is 20.2. The Bertz CT molecular complexity index is 992. The van der Waals surface area contributed by atoms with E-state index in [2.05, 4.69) is 0 Å². The summed E-state index contributed by atoms with van der Waals surface area (Å²) in [5.41, 5.74) is 0.213. The van der Waals surface area contributed by atoms with Crippen LogP contribution in [0.2, 0.25) is 0 Å². The van der Waals surface area contributed by atoms with Crippen molar-refractivity contribution in [3.8, 4) is 11.5 Å². The summed E-state index contributed by atoms with van der Waals surface area (Å²) in [6.07, 6.45) is 0.105. The van der Waals surface area contributed by atoms with Crippen molar-refractivity contribution < 1.29 is 27.3 Å². The van der Waals surface area contributed by atoms with Crippen molar-refractivity contribution in [3.05, 3.63) is 53.6 Å². The molecule has 1 heterocycles.